The molecule has 1 nitrogen and oxygen atoms in total. The van der Waals surface area contributed by atoms with E-state index in [1.54, 1.807) is 0 Å². The summed E-state index contributed by atoms with van der Waals surface area (Å²) in [5, 5.41) is 4.66. The van der Waals surface area contributed by atoms with E-state index in [1.807, 2.05) is 0 Å². The zero-order valence-electron chi connectivity index (χ0n) is 12.2. The van der Waals surface area contributed by atoms with Gasteiger partial charge in [0.1, 0.15) is 0 Å². The molecule has 0 heterocycles. The van der Waals surface area contributed by atoms with Crippen molar-refractivity contribution < 1.29 is 0 Å². The smallest absolute Gasteiger partial charge is 0.0237 e. The normalized spacial score (nSPS) is 28.2. The van der Waals surface area contributed by atoms with Gasteiger partial charge in [0.2, 0.25) is 0 Å². The predicted octanol–water partition coefficient (Wildman–Crippen LogP) is 4.47. The van der Waals surface area contributed by atoms with Crippen molar-refractivity contribution in [3.63, 3.8) is 0 Å². The highest BCUT2D eigenvalue weighted by Crippen LogP contribution is 2.40. The Morgan fingerprint density at radius 3 is 2.65 bits per heavy atom. The molecule has 0 aromatic rings. The molecule has 2 heteroatoms. The highest BCUT2D eigenvalue weighted by molar-refractivity contribution is 7.99. The van der Waals surface area contributed by atoms with Crippen molar-refractivity contribution in [2.45, 2.75) is 77.5 Å². The third-order valence-corrected chi connectivity index (χ3v) is 5.43. The Bertz CT molecular complexity index is 203. The molecule has 0 saturated heterocycles. The second-order valence-corrected chi connectivity index (χ2v) is 7.42. The summed E-state index contributed by atoms with van der Waals surface area (Å²) in [6.07, 6.45) is 8.18. The first-order valence-corrected chi connectivity index (χ1v) is 8.51. The fourth-order valence-corrected chi connectivity index (χ4v) is 4.60. The van der Waals surface area contributed by atoms with E-state index >= 15 is 0 Å². The largest absolute Gasteiger partial charge is 0.312 e. The average molecular weight is 257 g/mol. The Labute approximate surface area is 113 Å². The van der Waals surface area contributed by atoms with Crippen molar-refractivity contribution in [2.75, 3.05) is 12.3 Å². The lowest BCUT2D eigenvalue weighted by molar-refractivity contribution is 0.175. The molecule has 1 rings (SSSR count). The van der Waals surface area contributed by atoms with Gasteiger partial charge in [-0.25, -0.2) is 0 Å². The minimum absolute atomic E-state index is 0.483. The van der Waals surface area contributed by atoms with Crippen molar-refractivity contribution >= 4 is 11.8 Å². The summed E-state index contributed by atoms with van der Waals surface area (Å²) >= 11 is 2.22. The van der Waals surface area contributed by atoms with Gasteiger partial charge in [0.05, 0.1) is 0 Å². The zero-order chi connectivity index (χ0) is 12.7. The molecule has 1 saturated carbocycles. The molecule has 1 aliphatic carbocycles. The highest BCUT2D eigenvalue weighted by Gasteiger charge is 2.38. The fourth-order valence-electron chi connectivity index (χ4n) is 2.85. The number of hydrogen-bond acceptors (Lipinski definition) is 2. The first kappa shape index (κ1) is 15.4. The predicted molar refractivity (Wildman–Crippen MR) is 80.9 cm³/mol. The molecule has 0 radical (unpaired) electrons. The van der Waals surface area contributed by atoms with Gasteiger partial charge in [-0.2, -0.15) is 11.8 Å². The number of unbranched alkanes of at least 4 members (excludes halogenated alkanes) is 1. The SMILES string of the molecule is CCCCSC1CCCC(C)(C)C1NCCC. The number of nitrogens with one attached hydrogen (secondary N) is 1. The second-order valence-electron chi connectivity index (χ2n) is 6.08. The van der Waals surface area contributed by atoms with Crippen LogP contribution in [0.1, 0.15) is 66.2 Å². The van der Waals surface area contributed by atoms with Crippen molar-refractivity contribution in [2.24, 2.45) is 5.41 Å². The fraction of sp³-hybridized carbons (Fsp3) is 1.00. The third-order valence-electron chi connectivity index (χ3n) is 3.97. The zero-order valence-corrected chi connectivity index (χ0v) is 13.0. The topological polar surface area (TPSA) is 12.0 Å². The van der Waals surface area contributed by atoms with Gasteiger partial charge in [-0.1, -0.05) is 40.5 Å². The monoisotopic (exact) mass is 257 g/mol. The Hall–Kier alpha value is 0.310. The highest BCUT2D eigenvalue weighted by atomic mass is 32.2. The summed E-state index contributed by atoms with van der Waals surface area (Å²) < 4.78 is 0. The molecule has 0 aliphatic heterocycles. The van der Waals surface area contributed by atoms with Crippen LogP contribution >= 0.6 is 11.8 Å². The molecule has 0 spiro atoms. The quantitative estimate of drug-likeness (QED) is 0.676. The van der Waals surface area contributed by atoms with Crippen molar-refractivity contribution in [1.82, 2.24) is 5.32 Å². The van der Waals surface area contributed by atoms with Crippen LogP contribution in [-0.2, 0) is 0 Å². The minimum atomic E-state index is 0.483. The van der Waals surface area contributed by atoms with Crippen LogP contribution in [0.25, 0.3) is 0 Å². The van der Waals surface area contributed by atoms with E-state index in [0.717, 1.165) is 11.3 Å². The maximum Gasteiger partial charge on any atom is 0.0237 e. The van der Waals surface area contributed by atoms with E-state index in [-0.39, 0.29) is 0 Å². The molecule has 1 N–H and O–H groups in total. The van der Waals surface area contributed by atoms with E-state index in [9.17, 15) is 0 Å². The van der Waals surface area contributed by atoms with Crippen LogP contribution < -0.4 is 5.32 Å². The van der Waals surface area contributed by atoms with E-state index in [2.05, 4.69) is 44.8 Å². The maximum absolute atomic E-state index is 3.82. The van der Waals surface area contributed by atoms with Gasteiger partial charge in [0.15, 0.2) is 0 Å². The van der Waals surface area contributed by atoms with Crippen molar-refractivity contribution in [3.05, 3.63) is 0 Å². The van der Waals surface area contributed by atoms with Gasteiger partial charge in [-0.05, 0) is 43.4 Å². The molecule has 102 valence electrons. The van der Waals surface area contributed by atoms with Gasteiger partial charge in [0.25, 0.3) is 0 Å². The number of rotatable bonds is 7. The Kier molecular flexibility index (Phi) is 6.94. The van der Waals surface area contributed by atoms with Gasteiger partial charge in [0, 0.05) is 11.3 Å². The summed E-state index contributed by atoms with van der Waals surface area (Å²) in [5.41, 5.74) is 0.483. The number of hydrogen-bond donors (Lipinski definition) is 1. The molecule has 17 heavy (non-hydrogen) atoms. The van der Waals surface area contributed by atoms with E-state index in [1.165, 1.54) is 50.8 Å². The van der Waals surface area contributed by atoms with E-state index < -0.39 is 0 Å². The molecule has 0 aromatic heterocycles. The summed E-state index contributed by atoms with van der Waals surface area (Å²) in [5.74, 6) is 1.35. The Balaban J connectivity index is 2.51. The lowest BCUT2D eigenvalue weighted by atomic mass is 9.73. The third kappa shape index (κ3) is 4.82. The summed E-state index contributed by atoms with van der Waals surface area (Å²) in [6, 6.07) is 0.720. The van der Waals surface area contributed by atoms with Gasteiger partial charge in [-0.15, -0.1) is 0 Å². The van der Waals surface area contributed by atoms with Crippen LogP contribution in [0.3, 0.4) is 0 Å². The van der Waals surface area contributed by atoms with Crippen LogP contribution in [0.2, 0.25) is 0 Å². The molecule has 0 bridgehead atoms. The molecule has 1 fully saturated rings. The van der Waals surface area contributed by atoms with Crippen LogP contribution in [0.5, 0.6) is 0 Å². The Morgan fingerprint density at radius 1 is 1.24 bits per heavy atom. The molecule has 0 amide bonds. The van der Waals surface area contributed by atoms with E-state index in [4.69, 9.17) is 0 Å². The minimum Gasteiger partial charge on any atom is -0.312 e. The summed E-state index contributed by atoms with van der Waals surface area (Å²) in [4.78, 5) is 0. The van der Waals surface area contributed by atoms with Crippen LogP contribution in [0.4, 0.5) is 0 Å². The van der Waals surface area contributed by atoms with Crippen molar-refractivity contribution in [3.8, 4) is 0 Å². The van der Waals surface area contributed by atoms with Crippen molar-refractivity contribution in [1.29, 1.82) is 0 Å². The lowest BCUT2D eigenvalue weighted by Crippen LogP contribution is -2.51. The number of thioether (sulfide) groups is 1. The molecule has 0 aromatic carbocycles. The summed E-state index contributed by atoms with van der Waals surface area (Å²) in [6.45, 7) is 10.6. The van der Waals surface area contributed by atoms with Gasteiger partial charge >= 0.3 is 0 Å². The van der Waals surface area contributed by atoms with Crippen LogP contribution in [0, 0.1) is 5.41 Å². The molecular formula is C15H31NS. The van der Waals surface area contributed by atoms with Crippen LogP contribution in [0.15, 0.2) is 0 Å². The summed E-state index contributed by atoms with van der Waals surface area (Å²) in [7, 11) is 0. The second kappa shape index (κ2) is 7.68. The lowest BCUT2D eigenvalue weighted by Gasteiger charge is -2.44. The van der Waals surface area contributed by atoms with Crippen LogP contribution in [-0.4, -0.2) is 23.6 Å². The van der Waals surface area contributed by atoms with Gasteiger partial charge in [-0.3, -0.25) is 0 Å². The standard InChI is InChI=1S/C15H31NS/c1-5-7-12-17-13-9-8-10-15(3,4)14(13)16-11-6-2/h13-14,16H,5-12H2,1-4H3. The maximum atomic E-state index is 3.82. The molecule has 2 atom stereocenters. The first-order chi connectivity index (χ1) is 8.11. The Morgan fingerprint density at radius 2 is 2.00 bits per heavy atom. The first-order valence-electron chi connectivity index (χ1n) is 7.46. The molecule has 2 unspecified atom stereocenters. The molecule has 1 aliphatic rings. The average Bonchev–Trinajstić information content (AvgIpc) is 2.28. The van der Waals surface area contributed by atoms with E-state index in [0.29, 0.717) is 5.41 Å². The van der Waals surface area contributed by atoms with Gasteiger partial charge < -0.3 is 5.32 Å². The molecular weight excluding hydrogens is 226 g/mol.